The molecule has 0 aromatic heterocycles. The minimum atomic E-state index is -0.997. The Kier molecular flexibility index (Phi) is 6.08. The second-order valence-electron chi connectivity index (χ2n) is 5.45. The lowest BCUT2D eigenvalue weighted by atomic mass is 10.00. The van der Waals surface area contributed by atoms with E-state index in [0.717, 1.165) is 26.1 Å². The lowest BCUT2D eigenvalue weighted by molar-refractivity contribution is -0.140. The van der Waals surface area contributed by atoms with Crippen LogP contribution in [0.4, 0.5) is 4.79 Å². The van der Waals surface area contributed by atoms with Crippen molar-refractivity contribution in [3.8, 4) is 0 Å². The average Bonchev–Trinajstić information content (AvgIpc) is 2.35. The topological polar surface area (TPSA) is 78.9 Å². The smallest absolute Gasteiger partial charge is 0.326 e. The number of carbonyl (C=O) groups excluding carboxylic acids is 1. The first-order valence-electron chi connectivity index (χ1n) is 6.74. The zero-order valence-electron chi connectivity index (χ0n) is 11.9. The molecule has 0 aliphatic carbocycles. The molecule has 1 rings (SSSR count). The standard InChI is InChI=1S/C13H24N2O4/c1-9(2)11(12(16)17)14-13(18)15(3)8-10-4-6-19-7-5-10/h9-11H,4-8H2,1-3H3,(H,14,18)(H,16,17)/t11-/m1/s1. The third-order valence-corrected chi connectivity index (χ3v) is 3.43. The molecule has 0 saturated carbocycles. The molecule has 1 fully saturated rings. The molecule has 1 aliphatic rings. The van der Waals surface area contributed by atoms with Crippen LogP contribution in [0.15, 0.2) is 0 Å². The number of hydrogen-bond acceptors (Lipinski definition) is 3. The van der Waals surface area contributed by atoms with Crippen LogP contribution in [-0.4, -0.2) is 54.9 Å². The molecule has 2 N–H and O–H groups in total. The summed E-state index contributed by atoms with van der Waals surface area (Å²) < 4.78 is 5.27. The van der Waals surface area contributed by atoms with Crippen LogP contribution in [0.25, 0.3) is 0 Å². The highest BCUT2D eigenvalue weighted by molar-refractivity contribution is 5.82. The van der Waals surface area contributed by atoms with Crippen LogP contribution < -0.4 is 5.32 Å². The van der Waals surface area contributed by atoms with Crippen molar-refractivity contribution in [2.24, 2.45) is 11.8 Å². The molecule has 6 heteroatoms. The Labute approximate surface area is 114 Å². The minimum Gasteiger partial charge on any atom is -0.480 e. The first-order valence-corrected chi connectivity index (χ1v) is 6.74. The fourth-order valence-corrected chi connectivity index (χ4v) is 2.16. The van der Waals surface area contributed by atoms with Gasteiger partial charge in [0.25, 0.3) is 0 Å². The number of nitrogens with one attached hydrogen (secondary N) is 1. The van der Waals surface area contributed by atoms with E-state index < -0.39 is 12.0 Å². The molecule has 6 nitrogen and oxygen atoms in total. The predicted molar refractivity (Wildman–Crippen MR) is 71.0 cm³/mol. The number of carbonyl (C=O) groups is 2. The van der Waals surface area contributed by atoms with E-state index in [1.54, 1.807) is 25.8 Å². The van der Waals surface area contributed by atoms with Crippen molar-refractivity contribution in [1.29, 1.82) is 0 Å². The Balaban J connectivity index is 2.44. The molecule has 0 unspecified atom stereocenters. The number of hydrogen-bond donors (Lipinski definition) is 2. The van der Waals surface area contributed by atoms with Crippen molar-refractivity contribution in [2.75, 3.05) is 26.8 Å². The molecule has 0 bridgehead atoms. The van der Waals surface area contributed by atoms with Gasteiger partial charge in [-0.25, -0.2) is 9.59 Å². The van der Waals surface area contributed by atoms with Crippen molar-refractivity contribution >= 4 is 12.0 Å². The molecule has 1 saturated heterocycles. The van der Waals surface area contributed by atoms with Crippen LogP contribution >= 0.6 is 0 Å². The summed E-state index contributed by atoms with van der Waals surface area (Å²) in [5.74, 6) is -0.701. The van der Waals surface area contributed by atoms with Gasteiger partial charge in [-0.3, -0.25) is 0 Å². The fraction of sp³-hybridized carbons (Fsp3) is 0.846. The maximum atomic E-state index is 12.0. The van der Waals surface area contributed by atoms with Gasteiger partial charge in [0.2, 0.25) is 0 Å². The molecule has 19 heavy (non-hydrogen) atoms. The Hall–Kier alpha value is -1.30. The maximum absolute atomic E-state index is 12.0. The molecule has 2 amide bonds. The normalized spacial score (nSPS) is 18.1. The van der Waals surface area contributed by atoms with E-state index in [0.29, 0.717) is 12.5 Å². The number of amides is 2. The monoisotopic (exact) mass is 272 g/mol. The van der Waals surface area contributed by atoms with Crippen LogP contribution in [0.2, 0.25) is 0 Å². The van der Waals surface area contributed by atoms with Crippen LogP contribution in [0.5, 0.6) is 0 Å². The van der Waals surface area contributed by atoms with Gasteiger partial charge in [-0.2, -0.15) is 0 Å². The Morgan fingerprint density at radius 3 is 2.42 bits per heavy atom. The first-order chi connectivity index (χ1) is 8.91. The highest BCUT2D eigenvalue weighted by atomic mass is 16.5. The molecule has 110 valence electrons. The molecular formula is C13H24N2O4. The highest BCUT2D eigenvalue weighted by Crippen LogP contribution is 2.15. The van der Waals surface area contributed by atoms with E-state index in [1.165, 1.54) is 0 Å². The molecular weight excluding hydrogens is 248 g/mol. The van der Waals surface area contributed by atoms with E-state index in [1.807, 2.05) is 0 Å². The number of ether oxygens (including phenoxy) is 1. The Morgan fingerprint density at radius 1 is 1.37 bits per heavy atom. The van der Waals surface area contributed by atoms with E-state index in [9.17, 15) is 9.59 Å². The summed E-state index contributed by atoms with van der Waals surface area (Å²) in [7, 11) is 1.70. The average molecular weight is 272 g/mol. The minimum absolute atomic E-state index is 0.141. The van der Waals surface area contributed by atoms with Crippen LogP contribution in [0, 0.1) is 11.8 Å². The summed E-state index contributed by atoms with van der Waals surface area (Å²) in [6.45, 7) is 5.67. The summed E-state index contributed by atoms with van der Waals surface area (Å²) in [4.78, 5) is 24.6. The van der Waals surface area contributed by atoms with Gasteiger partial charge in [0, 0.05) is 26.8 Å². The van der Waals surface area contributed by atoms with Crippen molar-refractivity contribution < 1.29 is 19.4 Å². The van der Waals surface area contributed by atoms with Gasteiger partial charge in [-0.05, 0) is 24.7 Å². The van der Waals surface area contributed by atoms with Crippen LogP contribution in [-0.2, 0) is 9.53 Å². The van der Waals surface area contributed by atoms with Gasteiger partial charge >= 0.3 is 12.0 Å². The SMILES string of the molecule is CC(C)[C@@H](NC(=O)N(C)CC1CCOCC1)C(=O)O. The largest absolute Gasteiger partial charge is 0.480 e. The van der Waals surface area contributed by atoms with Gasteiger partial charge in [0.15, 0.2) is 0 Å². The summed E-state index contributed by atoms with van der Waals surface area (Å²) in [6.07, 6.45) is 1.90. The number of rotatable bonds is 5. The number of carboxylic acids is 1. The van der Waals surface area contributed by atoms with Gasteiger partial charge in [0.1, 0.15) is 6.04 Å². The molecule has 0 aromatic rings. The van der Waals surface area contributed by atoms with E-state index in [4.69, 9.17) is 9.84 Å². The van der Waals surface area contributed by atoms with E-state index >= 15 is 0 Å². The lowest BCUT2D eigenvalue weighted by Gasteiger charge is -2.28. The fourth-order valence-electron chi connectivity index (χ4n) is 2.16. The van der Waals surface area contributed by atoms with E-state index in [-0.39, 0.29) is 11.9 Å². The maximum Gasteiger partial charge on any atom is 0.326 e. The van der Waals surface area contributed by atoms with Gasteiger partial charge in [0.05, 0.1) is 0 Å². The van der Waals surface area contributed by atoms with Crippen LogP contribution in [0.1, 0.15) is 26.7 Å². The van der Waals surface area contributed by atoms with Crippen molar-refractivity contribution in [3.63, 3.8) is 0 Å². The van der Waals surface area contributed by atoms with Gasteiger partial charge in [-0.15, -0.1) is 0 Å². The lowest BCUT2D eigenvalue weighted by Crippen LogP contribution is -2.50. The summed E-state index contributed by atoms with van der Waals surface area (Å²) >= 11 is 0. The number of aliphatic carboxylic acids is 1. The summed E-state index contributed by atoms with van der Waals surface area (Å²) in [6, 6.07) is -1.17. The Bertz CT molecular complexity index is 314. The van der Waals surface area contributed by atoms with E-state index in [2.05, 4.69) is 5.32 Å². The molecule has 1 heterocycles. The third kappa shape index (κ3) is 5.06. The van der Waals surface area contributed by atoms with Crippen molar-refractivity contribution in [1.82, 2.24) is 10.2 Å². The predicted octanol–water partition coefficient (Wildman–Crippen LogP) is 1.16. The van der Waals surface area contributed by atoms with Crippen molar-refractivity contribution in [2.45, 2.75) is 32.7 Å². The Morgan fingerprint density at radius 2 is 1.95 bits per heavy atom. The zero-order chi connectivity index (χ0) is 14.4. The van der Waals surface area contributed by atoms with Crippen molar-refractivity contribution in [3.05, 3.63) is 0 Å². The molecule has 1 aliphatic heterocycles. The first kappa shape index (κ1) is 15.8. The number of nitrogens with zero attached hydrogens (tertiary/aromatic N) is 1. The quantitative estimate of drug-likeness (QED) is 0.787. The van der Waals surface area contributed by atoms with Gasteiger partial charge < -0.3 is 20.1 Å². The number of urea groups is 1. The summed E-state index contributed by atoms with van der Waals surface area (Å²) in [5.41, 5.74) is 0. The highest BCUT2D eigenvalue weighted by Gasteiger charge is 2.26. The third-order valence-electron chi connectivity index (χ3n) is 3.43. The van der Waals surface area contributed by atoms with Gasteiger partial charge in [-0.1, -0.05) is 13.8 Å². The zero-order valence-corrected chi connectivity index (χ0v) is 11.9. The molecule has 0 spiro atoms. The summed E-state index contributed by atoms with van der Waals surface area (Å²) in [5, 5.41) is 11.6. The van der Waals surface area contributed by atoms with Crippen LogP contribution in [0.3, 0.4) is 0 Å². The molecule has 0 radical (unpaired) electrons. The molecule has 1 atom stereocenters. The number of carboxylic acid groups (broad SMARTS) is 1. The molecule has 0 aromatic carbocycles. The second kappa shape index (κ2) is 7.33. The second-order valence-corrected chi connectivity index (χ2v) is 5.45.